The van der Waals surface area contributed by atoms with Gasteiger partial charge in [0.25, 0.3) is 0 Å². The van der Waals surface area contributed by atoms with Gasteiger partial charge in [-0.15, -0.1) is 0 Å². The van der Waals surface area contributed by atoms with E-state index in [1.165, 1.54) is 24.3 Å². The summed E-state index contributed by atoms with van der Waals surface area (Å²) in [6.07, 6.45) is 3.50. The summed E-state index contributed by atoms with van der Waals surface area (Å²) in [5.41, 5.74) is 2.10. The van der Waals surface area contributed by atoms with Crippen LogP contribution in [0.4, 0.5) is 0 Å². The van der Waals surface area contributed by atoms with Gasteiger partial charge >= 0.3 is 29.6 Å². The van der Waals surface area contributed by atoms with Gasteiger partial charge in [0, 0.05) is 43.6 Å². The molecule has 174 valence electrons. The molecule has 0 aliphatic rings. The second-order valence-electron chi connectivity index (χ2n) is 7.93. The van der Waals surface area contributed by atoms with Gasteiger partial charge in [-0.25, -0.2) is 13.1 Å². The number of sulfonamides is 1. The largest absolute Gasteiger partial charge is 1.00 e. The minimum Gasteiger partial charge on any atom is -0.545 e. The number of aromatic carboxylic acids is 1. The molecule has 0 spiro atoms. The Hall–Kier alpha value is -1.78. The zero-order chi connectivity index (χ0) is 23.8. The van der Waals surface area contributed by atoms with E-state index < -0.39 is 16.0 Å². The van der Waals surface area contributed by atoms with Gasteiger partial charge in [-0.1, -0.05) is 48.9 Å². The number of carbonyl (C=O) groups is 1. The van der Waals surface area contributed by atoms with E-state index in [1.807, 2.05) is 19.1 Å². The molecule has 0 fully saturated rings. The predicted molar refractivity (Wildman–Crippen MR) is 125 cm³/mol. The Morgan fingerprint density at radius 2 is 1.71 bits per heavy atom. The first-order valence-corrected chi connectivity index (χ1v) is 12.3. The number of hydrogen-bond donors (Lipinski definition) is 1. The van der Waals surface area contributed by atoms with Crippen LogP contribution >= 0.6 is 11.6 Å². The molecule has 0 saturated heterocycles. The van der Waals surface area contributed by atoms with Crippen molar-refractivity contribution >= 4 is 27.6 Å². The summed E-state index contributed by atoms with van der Waals surface area (Å²) < 4.78 is 27.8. The van der Waals surface area contributed by atoms with Crippen molar-refractivity contribution < 1.29 is 47.9 Å². The van der Waals surface area contributed by atoms with E-state index in [-0.39, 0.29) is 52.5 Å². The first-order chi connectivity index (χ1) is 15.7. The van der Waals surface area contributed by atoms with Crippen molar-refractivity contribution in [2.24, 2.45) is 5.92 Å². The van der Waals surface area contributed by atoms with Crippen molar-refractivity contribution in [2.45, 2.75) is 24.9 Å². The number of hydrogen-bond acceptors (Lipinski definition) is 6. The zero-order valence-corrected chi connectivity index (χ0v) is 22.7. The SMILES string of the molecule is CC(CNS(=O)(=O)c1ccc(Cl)cc1)CN(Cc1ccc(C(=O)[O-])cc1)Cc1cccnc1.[Na+]. The van der Waals surface area contributed by atoms with Crippen LogP contribution in [0.25, 0.3) is 0 Å². The summed E-state index contributed by atoms with van der Waals surface area (Å²) >= 11 is 5.85. The Labute approximate surface area is 227 Å². The molecule has 1 aromatic heterocycles. The molecule has 2 aromatic carbocycles. The summed E-state index contributed by atoms with van der Waals surface area (Å²) in [5, 5.41) is 11.5. The van der Waals surface area contributed by atoms with Crippen LogP contribution in [0, 0.1) is 5.92 Å². The maximum atomic E-state index is 12.6. The van der Waals surface area contributed by atoms with Crippen molar-refractivity contribution in [3.63, 3.8) is 0 Å². The van der Waals surface area contributed by atoms with Crippen LogP contribution in [0.15, 0.2) is 78.0 Å². The molecule has 3 aromatic rings. The Morgan fingerprint density at radius 1 is 1.06 bits per heavy atom. The van der Waals surface area contributed by atoms with E-state index in [2.05, 4.69) is 14.6 Å². The second kappa shape index (κ2) is 13.3. The fraction of sp³-hybridized carbons (Fsp3) is 0.250. The first-order valence-electron chi connectivity index (χ1n) is 10.4. The van der Waals surface area contributed by atoms with Crippen molar-refractivity contribution in [2.75, 3.05) is 13.1 Å². The van der Waals surface area contributed by atoms with Gasteiger partial charge in [-0.05, 0) is 52.9 Å². The predicted octanol–water partition coefficient (Wildman–Crippen LogP) is -0.281. The Morgan fingerprint density at radius 3 is 2.29 bits per heavy atom. The molecule has 3 rings (SSSR count). The van der Waals surface area contributed by atoms with Gasteiger partial charge in [0.05, 0.1) is 10.9 Å². The van der Waals surface area contributed by atoms with Gasteiger partial charge in [0.15, 0.2) is 0 Å². The third kappa shape index (κ3) is 8.78. The van der Waals surface area contributed by atoms with Crippen molar-refractivity contribution in [1.29, 1.82) is 0 Å². The molecule has 0 bridgehead atoms. The van der Waals surface area contributed by atoms with Crippen LogP contribution in [0.5, 0.6) is 0 Å². The van der Waals surface area contributed by atoms with Crippen molar-refractivity contribution in [1.82, 2.24) is 14.6 Å². The van der Waals surface area contributed by atoms with E-state index in [4.69, 9.17) is 11.6 Å². The van der Waals surface area contributed by atoms with Crippen molar-refractivity contribution in [3.05, 3.63) is 94.8 Å². The van der Waals surface area contributed by atoms with E-state index in [1.54, 1.807) is 36.7 Å². The van der Waals surface area contributed by atoms with Crippen LogP contribution in [-0.4, -0.2) is 37.4 Å². The first kappa shape index (κ1) is 28.5. The fourth-order valence-corrected chi connectivity index (χ4v) is 4.68. The number of nitrogens with one attached hydrogen (secondary N) is 1. The Kier molecular flexibility index (Phi) is 11.2. The standard InChI is InChI=1S/C24H26ClN3O4S.Na/c1-18(13-27-33(31,32)23-10-8-22(25)9-11-23)15-28(17-20-3-2-12-26-14-20)16-19-4-6-21(7-5-19)24(29)30;/h2-12,14,18,27H,13,15-17H2,1H3,(H,29,30);/q;+1/p-1. The summed E-state index contributed by atoms with van der Waals surface area (Å²) in [5.74, 6) is -1.21. The quantitative estimate of drug-likeness (QED) is 0.357. The number of carbonyl (C=O) groups excluding carboxylic acids is 1. The number of nitrogens with zero attached hydrogens (tertiary/aromatic N) is 2. The smallest absolute Gasteiger partial charge is 0.545 e. The van der Waals surface area contributed by atoms with Gasteiger partial charge in [0.2, 0.25) is 10.0 Å². The van der Waals surface area contributed by atoms with Crippen LogP contribution in [0.2, 0.25) is 5.02 Å². The fourth-order valence-electron chi connectivity index (χ4n) is 3.39. The zero-order valence-electron chi connectivity index (χ0n) is 19.1. The molecule has 1 N–H and O–H groups in total. The number of rotatable bonds is 11. The minimum absolute atomic E-state index is 0. The molecular weight excluding hydrogens is 485 g/mol. The molecule has 10 heteroatoms. The molecule has 34 heavy (non-hydrogen) atoms. The molecule has 0 saturated carbocycles. The topological polar surface area (TPSA) is 102 Å². The molecule has 0 amide bonds. The maximum absolute atomic E-state index is 12.6. The molecule has 0 aliphatic carbocycles. The van der Waals surface area contributed by atoms with Crippen molar-refractivity contribution in [3.8, 4) is 0 Å². The number of benzene rings is 2. The van der Waals surface area contributed by atoms with Crippen LogP contribution < -0.4 is 39.4 Å². The van der Waals surface area contributed by atoms with E-state index in [0.29, 0.717) is 24.7 Å². The minimum atomic E-state index is -3.64. The molecule has 1 atom stereocenters. The van der Waals surface area contributed by atoms with Gasteiger partial charge < -0.3 is 9.90 Å². The monoisotopic (exact) mass is 509 g/mol. The molecule has 1 unspecified atom stereocenters. The average Bonchev–Trinajstić information content (AvgIpc) is 2.79. The summed E-state index contributed by atoms with van der Waals surface area (Å²) in [4.78, 5) is 17.5. The van der Waals surface area contributed by atoms with E-state index >= 15 is 0 Å². The normalized spacial score (nSPS) is 12.2. The summed E-state index contributed by atoms with van der Waals surface area (Å²) in [6, 6.07) is 16.4. The molecule has 1 heterocycles. The molecule has 0 aliphatic heterocycles. The number of carboxylic acids is 1. The Balaban J connectivity index is 0.00000408. The number of pyridine rings is 1. The van der Waals surface area contributed by atoms with Crippen LogP contribution in [-0.2, 0) is 23.1 Å². The molecule has 0 radical (unpaired) electrons. The van der Waals surface area contributed by atoms with Crippen LogP contribution in [0.1, 0.15) is 28.4 Å². The number of halogens is 1. The van der Waals surface area contributed by atoms with Gasteiger partial charge in [-0.3, -0.25) is 9.88 Å². The average molecular weight is 510 g/mol. The molecule has 7 nitrogen and oxygen atoms in total. The summed E-state index contributed by atoms with van der Waals surface area (Å²) in [6.45, 7) is 4.03. The van der Waals surface area contributed by atoms with Gasteiger partial charge in [-0.2, -0.15) is 0 Å². The van der Waals surface area contributed by atoms with Gasteiger partial charge in [0.1, 0.15) is 0 Å². The number of aromatic nitrogens is 1. The van der Waals surface area contributed by atoms with E-state index in [9.17, 15) is 18.3 Å². The molecular formula is C24H25ClN3NaO4S. The second-order valence-corrected chi connectivity index (χ2v) is 10.1. The number of carboxylic acid groups (broad SMARTS) is 1. The maximum Gasteiger partial charge on any atom is 1.00 e. The van der Waals surface area contributed by atoms with Crippen LogP contribution in [0.3, 0.4) is 0 Å². The van der Waals surface area contributed by atoms with E-state index in [0.717, 1.165) is 11.1 Å². The summed E-state index contributed by atoms with van der Waals surface area (Å²) in [7, 11) is -3.64. The Bertz CT molecular complexity index is 1160. The third-order valence-corrected chi connectivity index (χ3v) is 6.73. The third-order valence-electron chi connectivity index (χ3n) is 5.04.